The van der Waals surface area contributed by atoms with Crippen LogP contribution in [0.5, 0.6) is 0 Å². The molecule has 2 aromatic heterocycles. The highest BCUT2D eigenvalue weighted by Gasteiger charge is 2.32. The third kappa shape index (κ3) is 4.21. The van der Waals surface area contributed by atoms with Crippen LogP contribution in [0.3, 0.4) is 0 Å². The summed E-state index contributed by atoms with van der Waals surface area (Å²) < 4.78 is 30.2. The molecule has 5 heterocycles. The number of pyridine rings is 1. The van der Waals surface area contributed by atoms with Crippen molar-refractivity contribution < 1.29 is 18.0 Å². The molecule has 2 fully saturated rings. The number of amides is 2. The molecule has 1 aromatic carbocycles. The minimum atomic E-state index is -3.66. The van der Waals surface area contributed by atoms with Crippen LogP contribution >= 0.6 is 0 Å². The van der Waals surface area contributed by atoms with Gasteiger partial charge in [-0.2, -0.15) is 9.40 Å². The molecule has 0 spiro atoms. The molecule has 9 nitrogen and oxygen atoms in total. The quantitative estimate of drug-likeness (QED) is 0.526. The lowest BCUT2D eigenvalue weighted by atomic mass is 9.90. The Balaban J connectivity index is 1.19. The average molecular weight is 522 g/mol. The first-order valence-electron chi connectivity index (χ1n) is 13.0. The number of sulfonamides is 1. The third-order valence-corrected chi connectivity index (χ3v) is 9.96. The van der Waals surface area contributed by atoms with Crippen molar-refractivity contribution in [3.8, 4) is 0 Å². The zero-order valence-electron chi connectivity index (χ0n) is 21.0. The highest BCUT2D eigenvalue weighted by molar-refractivity contribution is 7.89. The Morgan fingerprint density at radius 2 is 1.73 bits per heavy atom. The minimum Gasteiger partial charge on any atom is -0.339 e. The van der Waals surface area contributed by atoms with Gasteiger partial charge >= 0.3 is 0 Å². The number of carbonyl (C=O) groups is 2. The van der Waals surface area contributed by atoms with Crippen LogP contribution in [0.25, 0.3) is 5.52 Å². The molecular weight excluding hydrogens is 490 g/mol. The molecule has 2 amide bonds. The van der Waals surface area contributed by atoms with Crippen molar-refractivity contribution in [2.24, 2.45) is 0 Å². The number of carbonyl (C=O) groups excluding carboxylic acids is 2. The Labute approximate surface area is 216 Å². The largest absolute Gasteiger partial charge is 0.339 e. The van der Waals surface area contributed by atoms with E-state index < -0.39 is 10.0 Å². The van der Waals surface area contributed by atoms with Gasteiger partial charge in [-0.25, -0.2) is 12.9 Å². The maximum absolute atomic E-state index is 13.5. The number of likely N-dealkylation sites (tertiary alicyclic amines) is 1. The van der Waals surface area contributed by atoms with Crippen molar-refractivity contribution in [2.45, 2.75) is 49.8 Å². The lowest BCUT2D eigenvalue weighted by Gasteiger charge is -2.31. The predicted octanol–water partition coefficient (Wildman–Crippen LogP) is 3.05. The third-order valence-electron chi connectivity index (χ3n) is 8.06. The standard InChI is InChI=1S/C27H31N5O4S/c1-19(33)31-14-8-21-4-5-23(17-25(21)31)37(35,36)30-12-6-20(7-13-30)22-9-15-32-26(16-22)24(18-28-32)27(34)29-10-2-3-11-29/h4-5,9,15-18,20H,2-3,6-8,10-14H2,1H3. The summed E-state index contributed by atoms with van der Waals surface area (Å²) in [6, 6.07) is 9.21. The van der Waals surface area contributed by atoms with Gasteiger partial charge in [0.1, 0.15) is 0 Å². The molecule has 3 aliphatic heterocycles. The lowest BCUT2D eigenvalue weighted by molar-refractivity contribution is -0.116. The fraction of sp³-hybridized carbons (Fsp3) is 0.444. The van der Waals surface area contributed by atoms with Crippen molar-refractivity contribution in [1.82, 2.24) is 18.8 Å². The normalized spacial score (nSPS) is 19.1. The molecule has 3 aliphatic rings. The number of nitrogens with zero attached hydrogens (tertiary/aromatic N) is 5. The minimum absolute atomic E-state index is 0.0308. The fourth-order valence-electron chi connectivity index (χ4n) is 5.93. The maximum atomic E-state index is 13.5. The van der Waals surface area contributed by atoms with E-state index in [2.05, 4.69) is 5.10 Å². The molecular formula is C27H31N5O4S. The van der Waals surface area contributed by atoms with Gasteiger partial charge in [0, 0.05) is 51.5 Å². The summed E-state index contributed by atoms with van der Waals surface area (Å²) in [5, 5.41) is 4.37. The Kier molecular flexibility index (Phi) is 6.03. The van der Waals surface area contributed by atoms with E-state index >= 15 is 0 Å². The number of hydrogen-bond acceptors (Lipinski definition) is 5. The van der Waals surface area contributed by atoms with Gasteiger partial charge in [0.15, 0.2) is 0 Å². The highest BCUT2D eigenvalue weighted by atomic mass is 32.2. The first kappa shape index (κ1) is 24.1. The second kappa shape index (κ2) is 9.25. The predicted molar refractivity (Wildman–Crippen MR) is 139 cm³/mol. The monoisotopic (exact) mass is 521 g/mol. The summed E-state index contributed by atoms with van der Waals surface area (Å²) in [6.07, 6.45) is 7.76. The van der Waals surface area contributed by atoms with E-state index in [9.17, 15) is 18.0 Å². The summed E-state index contributed by atoms with van der Waals surface area (Å²) in [6.45, 7) is 4.52. The SMILES string of the molecule is CC(=O)N1CCc2ccc(S(=O)(=O)N3CCC(c4ccn5ncc(C(=O)N6CCCC6)c5c4)CC3)cc21. The first-order chi connectivity index (χ1) is 17.8. The molecule has 0 radical (unpaired) electrons. The Morgan fingerprint density at radius 1 is 0.973 bits per heavy atom. The molecule has 0 bridgehead atoms. The second-order valence-corrected chi connectivity index (χ2v) is 12.2. The van der Waals surface area contributed by atoms with Crippen molar-refractivity contribution in [1.29, 1.82) is 0 Å². The van der Waals surface area contributed by atoms with Crippen molar-refractivity contribution in [2.75, 3.05) is 37.6 Å². The lowest BCUT2D eigenvalue weighted by Crippen LogP contribution is -2.38. The number of fused-ring (bicyclic) bond motifs is 2. The summed E-state index contributed by atoms with van der Waals surface area (Å²) in [7, 11) is -3.66. The number of benzene rings is 1. The topological polar surface area (TPSA) is 95.3 Å². The van der Waals surface area contributed by atoms with E-state index in [1.54, 1.807) is 32.1 Å². The smallest absolute Gasteiger partial charge is 0.257 e. The molecule has 3 aromatic rings. The number of rotatable bonds is 4. The maximum Gasteiger partial charge on any atom is 0.257 e. The molecule has 0 N–H and O–H groups in total. The van der Waals surface area contributed by atoms with Crippen LogP contribution in [-0.4, -0.2) is 71.8 Å². The van der Waals surface area contributed by atoms with Crippen LogP contribution in [0.1, 0.15) is 60.0 Å². The van der Waals surface area contributed by atoms with Crippen molar-refractivity contribution >= 4 is 33.0 Å². The molecule has 194 valence electrons. The summed E-state index contributed by atoms with van der Waals surface area (Å²) in [5.41, 5.74) is 4.25. The zero-order chi connectivity index (χ0) is 25.7. The number of hydrogen-bond donors (Lipinski definition) is 0. The van der Waals surface area contributed by atoms with E-state index in [-0.39, 0.29) is 22.6 Å². The van der Waals surface area contributed by atoms with E-state index in [1.165, 1.54) is 6.92 Å². The van der Waals surface area contributed by atoms with E-state index in [1.807, 2.05) is 29.3 Å². The van der Waals surface area contributed by atoms with Crippen LogP contribution in [0.2, 0.25) is 0 Å². The summed E-state index contributed by atoms with van der Waals surface area (Å²) in [5.74, 6) is 0.159. The van der Waals surface area contributed by atoms with E-state index in [0.29, 0.717) is 43.7 Å². The van der Waals surface area contributed by atoms with Gasteiger partial charge in [-0.1, -0.05) is 6.07 Å². The van der Waals surface area contributed by atoms with Crippen LogP contribution < -0.4 is 4.90 Å². The number of piperidine rings is 1. The fourth-order valence-corrected chi connectivity index (χ4v) is 7.42. The molecule has 0 aliphatic carbocycles. The zero-order valence-corrected chi connectivity index (χ0v) is 21.8. The van der Waals surface area contributed by atoms with Crippen molar-refractivity contribution in [3.63, 3.8) is 0 Å². The summed E-state index contributed by atoms with van der Waals surface area (Å²) in [4.78, 5) is 28.8. The average Bonchev–Trinajstić information content (AvgIpc) is 3.67. The summed E-state index contributed by atoms with van der Waals surface area (Å²) >= 11 is 0. The molecule has 6 rings (SSSR count). The molecule has 2 saturated heterocycles. The molecule has 0 unspecified atom stereocenters. The van der Waals surface area contributed by atoms with Gasteiger partial charge < -0.3 is 9.80 Å². The van der Waals surface area contributed by atoms with Crippen LogP contribution in [-0.2, 0) is 21.2 Å². The van der Waals surface area contributed by atoms with E-state index in [0.717, 1.165) is 49.0 Å². The molecule has 0 saturated carbocycles. The van der Waals surface area contributed by atoms with Gasteiger partial charge in [-0.3, -0.25) is 9.59 Å². The molecule has 0 atom stereocenters. The second-order valence-electron chi connectivity index (χ2n) is 10.2. The Hall–Kier alpha value is -3.24. The molecule has 10 heteroatoms. The van der Waals surface area contributed by atoms with Gasteiger partial charge in [-0.15, -0.1) is 0 Å². The number of aromatic nitrogens is 2. The van der Waals surface area contributed by atoms with Crippen LogP contribution in [0.15, 0.2) is 47.6 Å². The van der Waals surface area contributed by atoms with Crippen LogP contribution in [0, 0.1) is 0 Å². The molecule has 37 heavy (non-hydrogen) atoms. The van der Waals surface area contributed by atoms with Crippen LogP contribution in [0.4, 0.5) is 5.69 Å². The van der Waals surface area contributed by atoms with Gasteiger partial charge in [0.2, 0.25) is 15.9 Å². The number of anilines is 1. The van der Waals surface area contributed by atoms with E-state index in [4.69, 9.17) is 0 Å². The van der Waals surface area contributed by atoms with Crippen molar-refractivity contribution in [3.05, 3.63) is 59.4 Å². The van der Waals surface area contributed by atoms with Gasteiger partial charge in [0.05, 0.1) is 22.2 Å². The first-order valence-corrected chi connectivity index (χ1v) is 14.4. The Bertz CT molecular complexity index is 1480. The van der Waals surface area contributed by atoms with Gasteiger partial charge in [-0.05, 0) is 73.4 Å². The highest BCUT2D eigenvalue weighted by Crippen LogP contribution is 2.35. The van der Waals surface area contributed by atoms with Gasteiger partial charge in [0.25, 0.3) is 5.91 Å². The Morgan fingerprint density at radius 3 is 2.46 bits per heavy atom.